The van der Waals surface area contributed by atoms with Crippen molar-refractivity contribution in [2.24, 2.45) is 0 Å². The maximum absolute atomic E-state index is 11.2. The van der Waals surface area contributed by atoms with E-state index < -0.39 is 0 Å². The van der Waals surface area contributed by atoms with Gasteiger partial charge >= 0.3 is 0 Å². The van der Waals surface area contributed by atoms with Gasteiger partial charge in [0.1, 0.15) is 11.5 Å². The van der Waals surface area contributed by atoms with Crippen molar-refractivity contribution in [1.29, 1.82) is 0 Å². The lowest BCUT2D eigenvalue weighted by Crippen LogP contribution is -2.09. The molecule has 0 spiro atoms. The summed E-state index contributed by atoms with van der Waals surface area (Å²) in [7, 11) is 1.61. The molecule has 1 heterocycles. The molecular weight excluding hydrogens is 256 g/mol. The van der Waals surface area contributed by atoms with E-state index in [0.29, 0.717) is 23.7 Å². The van der Waals surface area contributed by atoms with Gasteiger partial charge in [-0.15, -0.1) is 0 Å². The van der Waals surface area contributed by atoms with Crippen LogP contribution in [-0.2, 0) is 4.79 Å². The molecule has 2 rings (SSSR count). The Kier molecular flexibility index (Phi) is 4.55. The van der Waals surface area contributed by atoms with E-state index in [0.717, 1.165) is 5.75 Å². The number of aromatic nitrogens is 1. The first-order valence-corrected chi connectivity index (χ1v) is 6.29. The molecule has 0 aliphatic heterocycles. The van der Waals surface area contributed by atoms with Crippen molar-refractivity contribution in [3.05, 3.63) is 42.6 Å². The molecule has 1 aromatic carbocycles. The van der Waals surface area contributed by atoms with E-state index in [2.05, 4.69) is 10.3 Å². The van der Waals surface area contributed by atoms with E-state index in [1.54, 1.807) is 44.5 Å². The van der Waals surface area contributed by atoms with E-state index in [1.807, 2.05) is 12.1 Å². The van der Waals surface area contributed by atoms with Gasteiger partial charge in [-0.1, -0.05) is 6.92 Å². The molecule has 0 aliphatic rings. The molecule has 0 unspecified atom stereocenters. The largest absolute Gasteiger partial charge is 0.497 e. The van der Waals surface area contributed by atoms with Crippen LogP contribution in [0.2, 0.25) is 0 Å². The van der Waals surface area contributed by atoms with Crippen LogP contribution >= 0.6 is 0 Å². The van der Waals surface area contributed by atoms with Crippen LogP contribution in [0, 0.1) is 0 Å². The summed E-state index contributed by atoms with van der Waals surface area (Å²) in [6, 6.07) is 10.7. The summed E-state index contributed by atoms with van der Waals surface area (Å²) in [5.41, 5.74) is 0.652. The van der Waals surface area contributed by atoms with E-state index in [1.165, 1.54) is 0 Å². The van der Waals surface area contributed by atoms with Crippen LogP contribution in [-0.4, -0.2) is 18.0 Å². The summed E-state index contributed by atoms with van der Waals surface area (Å²) in [5, 5.41) is 2.72. The van der Waals surface area contributed by atoms with Crippen LogP contribution < -0.4 is 14.8 Å². The predicted molar refractivity (Wildman–Crippen MR) is 76.2 cm³/mol. The van der Waals surface area contributed by atoms with E-state index in [9.17, 15) is 4.79 Å². The maximum atomic E-state index is 11.2. The molecule has 5 nitrogen and oxygen atoms in total. The van der Waals surface area contributed by atoms with Crippen molar-refractivity contribution < 1.29 is 14.3 Å². The Bertz CT molecular complexity index is 565. The average Bonchev–Trinajstić information content (AvgIpc) is 2.50. The second-order valence-electron chi connectivity index (χ2n) is 4.06. The number of pyridine rings is 1. The molecule has 0 bridgehead atoms. The normalized spacial score (nSPS) is 9.90. The number of nitrogens with one attached hydrogen (secondary N) is 1. The third-order valence-corrected chi connectivity index (χ3v) is 2.62. The average molecular weight is 272 g/mol. The minimum absolute atomic E-state index is 0.0457. The van der Waals surface area contributed by atoms with Crippen LogP contribution in [0.3, 0.4) is 0 Å². The number of amides is 1. The Morgan fingerprint density at radius 2 is 1.85 bits per heavy atom. The van der Waals surface area contributed by atoms with Crippen molar-refractivity contribution in [2.75, 3.05) is 12.4 Å². The number of carbonyl (C=O) groups is 1. The molecule has 5 heteroatoms. The number of carbonyl (C=O) groups excluding carboxylic acids is 1. The molecule has 0 atom stereocenters. The highest BCUT2D eigenvalue weighted by molar-refractivity contribution is 5.90. The summed E-state index contributed by atoms with van der Waals surface area (Å²) >= 11 is 0. The number of benzene rings is 1. The highest BCUT2D eigenvalue weighted by atomic mass is 16.5. The van der Waals surface area contributed by atoms with Crippen molar-refractivity contribution in [3.63, 3.8) is 0 Å². The number of nitrogens with zero attached hydrogens (tertiary/aromatic N) is 1. The van der Waals surface area contributed by atoms with Crippen LogP contribution in [0.1, 0.15) is 13.3 Å². The number of ether oxygens (including phenoxy) is 2. The Morgan fingerprint density at radius 1 is 1.15 bits per heavy atom. The molecule has 0 fully saturated rings. The first kappa shape index (κ1) is 13.9. The second kappa shape index (κ2) is 6.56. The SMILES string of the molecule is CCC(=O)Nc1ccc(Oc2ccc(OC)cc2)nc1. The number of anilines is 1. The molecular formula is C15H16N2O3. The number of methoxy groups -OCH3 is 1. The van der Waals surface area contributed by atoms with Gasteiger partial charge in [-0.25, -0.2) is 4.98 Å². The van der Waals surface area contributed by atoms with Crippen LogP contribution in [0.25, 0.3) is 0 Å². The topological polar surface area (TPSA) is 60.5 Å². The zero-order chi connectivity index (χ0) is 14.4. The molecule has 1 N–H and O–H groups in total. The van der Waals surface area contributed by atoms with Gasteiger partial charge in [-0.3, -0.25) is 4.79 Å². The maximum Gasteiger partial charge on any atom is 0.224 e. The van der Waals surface area contributed by atoms with Crippen molar-refractivity contribution >= 4 is 11.6 Å². The smallest absolute Gasteiger partial charge is 0.224 e. The fourth-order valence-electron chi connectivity index (χ4n) is 1.53. The summed E-state index contributed by atoms with van der Waals surface area (Å²) in [4.78, 5) is 15.4. The highest BCUT2D eigenvalue weighted by Crippen LogP contribution is 2.22. The van der Waals surface area contributed by atoms with E-state index in [-0.39, 0.29) is 5.91 Å². The third-order valence-electron chi connectivity index (χ3n) is 2.62. The molecule has 0 aliphatic carbocycles. The Labute approximate surface area is 117 Å². The number of hydrogen-bond acceptors (Lipinski definition) is 4. The molecule has 0 radical (unpaired) electrons. The van der Waals surface area contributed by atoms with E-state index >= 15 is 0 Å². The van der Waals surface area contributed by atoms with Crippen LogP contribution in [0.4, 0.5) is 5.69 Å². The van der Waals surface area contributed by atoms with Gasteiger partial charge in [0.15, 0.2) is 0 Å². The Balaban J connectivity index is 2.00. The minimum Gasteiger partial charge on any atom is -0.497 e. The van der Waals surface area contributed by atoms with Crippen molar-refractivity contribution in [2.45, 2.75) is 13.3 Å². The molecule has 0 saturated carbocycles. The molecule has 104 valence electrons. The zero-order valence-electron chi connectivity index (χ0n) is 11.4. The quantitative estimate of drug-likeness (QED) is 0.907. The lowest BCUT2D eigenvalue weighted by atomic mass is 10.3. The molecule has 0 saturated heterocycles. The van der Waals surface area contributed by atoms with Crippen molar-refractivity contribution in [1.82, 2.24) is 4.98 Å². The number of hydrogen-bond donors (Lipinski definition) is 1. The van der Waals surface area contributed by atoms with Gasteiger partial charge in [0.25, 0.3) is 0 Å². The summed E-state index contributed by atoms with van der Waals surface area (Å²) in [6.07, 6.45) is 2.00. The van der Waals surface area contributed by atoms with Crippen LogP contribution in [0.5, 0.6) is 17.4 Å². The first-order valence-electron chi connectivity index (χ1n) is 6.29. The summed E-state index contributed by atoms with van der Waals surface area (Å²) in [5.74, 6) is 1.85. The molecule has 1 aromatic heterocycles. The summed E-state index contributed by atoms with van der Waals surface area (Å²) < 4.78 is 10.7. The van der Waals surface area contributed by atoms with Gasteiger partial charge < -0.3 is 14.8 Å². The lowest BCUT2D eigenvalue weighted by Gasteiger charge is -2.07. The van der Waals surface area contributed by atoms with Crippen LogP contribution in [0.15, 0.2) is 42.6 Å². The Hall–Kier alpha value is -2.56. The second-order valence-corrected chi connectivity index (χ2v) is 4.06. The van der Waals surface area contributed by atoms with Gasteiger partial charge in [0.05, 0.1) is 19.0 Å². The molecule has 2 aromatic rings. The lowest BCUT2D eigenvalue weighted by molar-refractivity contribution is -0.115. The zero-order valence-corrected chi connectivity index (χ0v) is 11.4. The Morgan fingerprint density at radius 3 is 2.40 bits per heavy atom. The summed E-state index contributed by atoms with van der Waals surface area (Å²) in [6.45, 7) is 1.80. The standard InChI is InChI=1S/C15H16N2O3/c1-3-14(18)17-11-4-9-15(16-10-11)20-13-7-5-12(19-2)6-8-13/h4-10H,3H2,1-2H3,(H,17,18). The van der Waals surface area contributed by atoms with E-state index in [4.69, 9.17) is 9.47 Å². The molecule has 20 heavy (non-hydrogen) atoms. The molecule has 1 amide bonds. The van der Waals surface area contributed by atoms with Crippen molar-refractivity contribution in [3.8, 4) is 17.4 Å². The highest BCUT2D eigenvalue weighted by Gasteiger charge is 2.02. The van der Waals surface area contributed by atoms with Gasteiger partial charge in [0.2, 0.25) is 11.8 Å². The van der Waals surface area contributed by atoms with Gasteiger partial charge in [-0.2, -0.15) is 0 Å². The number of rotatable bonds is 5. The van der Waals surface area contributed by atoms with Gasteiger partial charge in [-0.05, 0) is 30.3 Å². The van der Waals surface area contributed by atoms with Gasteiger partial charge in [0, 0.05) is 12.5 Å². The minimum atomic E-state index is -0.0457. The predicted octanol–water partition coefficient (Wildman–Crippen LogP) is 3.23. The first-order chi connectivity index (χ1) is 9.71. The fraction of sp³-hybridized carbons (Fsp3) is 0.200. The fourth-order valence-corrected chi connectivity index (χ4v) is 1.53. The monoisotopic (exact) mass is 272 g/mol. The third kappa shape index (κ3) is 3.71.